The van der Waals surface area contributed by atoms with Crippen molar-refractivity contribution in [3.8, 4) is 0 Å². The molecule has 2 atom stereocenters. The number of methoxy groups -OCH3 is 1. The number of amides is 1. The molecule has 2 N–H and O–H groups in total. The molecule has 1 fully saturated rings. The van der Waals surface area contributed by atoms with Gasteiger partial charge in [-0.05, 0) is 30.7 Å². The number of nitrogens with two attached hydrogens (primary N) is 1. The first-order chi connectivity index (χ1) is 9.15. The third kappa shape index (κ3) is 2.96. The first-order valence-electron chi connectivity index (χ1n) is 6.32. The summed E-state index contributed by atoms with van der Waals surface area (Å²) < 4.78 is 4.77. The molecule has 0 radical (unpaired) electrons. The molecular weight excluding hydrogens is 264 g/mol. The molecule has 0 saturated carbocycles. The molecule has 19 heavy (non-hydrogen) atoms. The van der Waals surface area contributed by atoms with E-state index in [0.29, 0.717) is 13.0 Å². The minimum atomic E-state index is -0.690. The highest BCUT2D eigenvalue weighted by molar-refractivity contribution is 7.10. The van der Waals surface area contributed by atoms with E-state index in [1.54, 1.807) is 4.90 Å². The van der Waals surface area contributed by atoms with E-state index in [1.807, 2.05) is 17.5 Å². The van der Waals surface area contributed by atoms with Crippen molar-refractivity contribution in [2.75, 3.05) is 13.7 Å². The van der Waals surface area contributed by atoms with Gasteiger partial charge in [0.2, 0.25) is 5.91 Å². The highest BCUT2D eigenvalue weighted by atomic mass is 32.1. The Labute approximate surface area is 116 Å². The van der Waals surface area contributed by atoms with Gasteiger partial charge in [0.25, 0.3) is 0 Å². The Morgan fingerprint density at radius 3 is 2.95 bits per heavy atom. The van der Waals surface area contributed by atoms with Gasteiger partial charge in [0, 0.05) is 11.4 Å². The molecule has 1 aliphatic heterocycles. The van der Waals surface area contributed by atoms with Crippen LogP contribution in [0.3, 0.4) is 0 Å². The third-order valence-electron chi connectivity index (χ3n) is 3.37. The monoisotopic (exact) mass is 282 g/mol. The van der Waals surface area contributed by atoms with E-state index in [0.717, 1.165) is 17.7 Å². The Balaban J connectivity index is 2.13. The maximum Gasteiger partial charge on any atom is 0.328 e. The van der Waals surface area contributed by atoms with Crippen molar-refractivity contribution in [3.63, 3.8) is 0 Å². The Bertz CT molecular complexity index is 447. The largest absolute Gasteiger partial charge is 0.467 e. The molecule has 104 valence electrons. The number of carbonyl (C=O) groups is 2. The molecule has 0 aliphatic carbocycles. The first kappa shape index (κ1) is 14.0. The quantitative estimate of drug-likeness (QED) is 0.848. The molecule has 1 amide bonds. The number of carbonyl (C=O) groups excluding carboxylic acids is 2. The van der Waals surface area contributed by atoms with Crippen molar-refractivity contribution in [2.45, 2.75) is 31.3 Å². The number of hydrogen-bond acceptors (Lipinski definition) is 5. The van der Waals surface area contributed by atoms with Crippen molar-refractivity contribution in [3.05, 3.63) is 22.4 Å². The minimum absolute atomic E-state index is 0.197. The van der Waals surface area contributed by atoms with Crippen LogP contribution >= 0.6 is 11.3 Å². The van der Waals surface area contributed by atoms with Crippen LogP contribution in [0, 0.1) is 0 Å². The highest BCUT2D eigenvalue weighted by Crippen LogP contribution is 2.24. The fourth-order valence-electron chi connectivity index (χ4n) is 2.34. The van der Waals surface area contributed by atoms with Crippen molar-refractivity contribution >= 4 is 23.2 Å². The molecule has 1 aromatic rings. The summed E-state index contributed by atoms with van der Waals surface area (Å²) in [6.45, 7) is 0.567. The molecule has 1 saturated heterocycles. The average molecular weight is 282 g/mol. The van der Waals surface area contributed by atoms with Crippen molar-refractivity contribution in [2.24, 2.45) is 5.73 Å². The van der Waals surface area contributed by atoms with Crippen molar-refractivity contribution in [1.29, 1.82) is 0 Å². The van der Waals surface area contributed by atoms with Crippen molar-refractivity contribution < 1.29 is 14.3 Å². The van der Waals surface area contributed by atoms with E-state index in [1.165, 1.54) is 18.4 Å². The van der Waals surface area contributed by atoms with E-state index in [4.69, 9.17) is 10.5 Å². The maximum absolute atomic E-state index is 12.4. The Morgan fingerprint density at radius 1 is 1.53 bits per heavy atom. The number of hydrogen-bond donors (Lipinski definition) is 1. The molecule has 0 aromatic carbocycles. The number of nitrogens with zero attached hydrogens (tertiary/aromatic N) is 1. The fraction of sp³-hybridized carbons (Fsp3) is 0.538. The summed E-state index contributed by atoms with van der Waals surface area (Å²) in [5, 5.41) is 1.89. The Kier molecular flexibility index (Phi) is 4.55. The SMILES string of the molecule is COC(=O)C1CCCCN1C(=O)C(N)c1cccs1. The fourth-order valence-corrected chi connectivity index (χ4v) is 3.06. The van der Waals surface area contributed by atoms with Gasteiger partial charge in [0.15, 0.2) is 0 Å². The van der Waals surface area contributed by atoms with E-state index in [2.05, 4.69) is 0 Å². The van der Waals surface area contributed by atoms with Gasteiger partial charge in [-0.2, -0.15) is 0 Å². The number of likely N-dealkylation sites (tertiary alicyclic amines) is 1. The molecule has 2 rings (SSSR count). The van der Waals surface area contributed by atoms with Crippen LogP contribution in [0.1, 0.15) is 30.2 Å². The number of ether oxygens (including phenoxy) is 1. The van der Waals surface area contributed by atoms with Crippen LogP contribution in [-0.2, 0) is 14.3 Å². The zero-order chi connectivity index (χ0) is 13.8. The molecule has 1 aromatic heterocycles. The van der Waals surface area contributed by atoms with Gasteiger partial charge in [-0.3, -0.25) is 4.79 Å². The molecule has 1 aliphatic rings. The van der Waals surface area contributed by atoms with E-state index >= 15 is 0 Å². The molecule has 6 heteroatoms. The third-order valence-corrected chi connectivity index (χ3v) is 4.33. The van der Waals surface area contributed by atoms with Crippen LogP contribution in [0.5, 0.6) is 0 Å². The first-order valence-corrected chi connectivity index (χ1v) is 7.20. The summed E-state index contributed by atoms with van der Waals surface area (Å²) in [4.78, 5) is 26.6. The normalized spacial score (nSPS) is 20.9. The topological polar surface area (TPSA) is 72.6 Å². The van der Waals surface area contributed by atoms with Gasteiger partial charge in [-0.1, -0.05) is 6.07 Å². The number of thiophene rings is 1. The van der Waals surface area contributed by atoms with Crippen molar-refractivity contribution in [1.82, 2.24) is 4.90 Å². The van der Waals surface area contributed by atoms with E-state index in [9.17, 15) is 9.59 Å². The molecule has 0 bridgehead atoms. The van der Waals surface area contributed by atoms with Gasteiger partial charge in [-0.25, -0.2) is 4.79 Å². The summed E-state index contributed by atoms with van der Waals surface area (Å²) in [6, 6.07) is 2.52. The van der Waals surface area contributed by atoms with Crippen LogP contribution in [0.25, 0.3) is 0 Å². The van der Waals surface area contributed by atoms with Gasteiger partial charge in [0.05, 0.1) is 7.11 Å². The van der Waals surface area contributed by atoms with Gasteiger partial charge < -0.3 is 15.4 Å². The lowest BCUT2D eigenvalue weighted by Crippen LogP contribution is -2.51. The van der Waals surface area contributed by atoms with Gasteiger partial charge in [0.1, 0.15) is 12.1 Å². The number of piperidine rings is 1. The van der Waals surface area contributed by atoms with Crippen LogP contribution in [0.15, 0.2) is 17.5 Å². The predicted octanol–water partition coefficient (Wildman–Crippen LogP) is 1.30. The summed E-state index contributed by atoms with van der Waals surface area (Å²) in [5.41, 5.74) is 5.98. The summed E-state index contributed by atoms with van der Waals surface area (Å²) in [6.07, 6.45) is 2.48. The average Bonchev–Trinajstić information content (AvgIpc) is 2.99. The summed E-state index contributed by atoms with van der Waals surface area (Å²) in [5.74, 6) is -0.552. The molecule has 2 unspecified atom stereocenters. The zero-order valence-corrected chi connectivity index (χ0v) is 11.7. The summed E-state index contributed by atoms with van der Waals surface area (Å²) >= 11 is 1.45. The standard InChI is InChI=1S/C13H18N2O3S/c1-18-13(17)9-5-2-3-7-15(9)12(16)11(14)10-6-4-8-19-10/h4,6,8-9,11H,2-3,5,7,14H2,1H3. The van der Waals surface area contributed by atoms with Crippen LogP contribution in [-0.4, -0.2) is 36.5 Å². The molecule has 5 nitrogen and oxygen atoms in total. The lowest BCUT2D eigenvalue weighted by Gasteiger charge is -2.35. The van der Waals surface area contributed by atoms with E-state index < -0.39 is 12.1 Å². The van der Waals surface area contributed by atoms with Crippen LogP contribution in [0.2, 0.25) is 0 Å². The van der Waals surface area contributed by atoms with Crippen LogP contribution < -0.4 is 5.73 Å². The highest BCUT2D eigenvalue weighted by Gasteiger charge is 2.35. The smallest absolute Gasteiger partial charge is 0.328 e. The molecular formula is C13H18N2O3S. The second kappa shape index (κ2) is 6.16. The number of esters is 1. The van der Waals surface area contributed by atoms with Crippen LogP contribution in [0.4, 0.5) is 0 Å². The lowest BCUT2D eigenvalue weighted by molar-refractivity contribution is -0.155. The Morgan fingerprint density at radius 2 is 2.32 bits per heavy atom. The molecule has 0 spiro atoms. The van der Waals surface area contributed by atoms with Gasteiger partial charge in [-0.15, -0.1) is 11.3 Å². The van der Waals surface area contributed by atoms with E-state index in [-0.39, 0.29) is 11.9 Å². The lowest BCUT2D eigenvalue weighted by atomic mass is 10.0. The maximum atomic E-state index is 12.4. The Hall–Kier alpha value is -1.40. The minimum Gasteiger partial charge on any atom is -0.467 e. The second-order valence-corrected chi connectivity index (χ2v) is 5.54. The second-order valence-electron chi connectivity index (χ2n) is 4.56. The number of rotatable bonds is 3. The molecule has 2 heterocycles. The predicted molar refractivity (Wildman–Crippen MR) is 72.6 cm³/mol. The zero-order valence-electron chi connectivity index (χ0n) is 10.9. The summed E-state index contributed by atoms with van der Waals surface area (Å²) in [7, 11) is 1.35. The van der Waals surface area contributed by atoms with Gasteiger partial charge >= 0.3 is 5.97 Å².